The number of amides is 1. The summed E-state index contributed by atoms with van der Waals surface area (Å²) in [4.78, 5) is 16.9. The molecule has 0 bridgehead atoms. The molecular formula is C24H18Cl2N2O2. The van der Waals surface area contributed by atoms with E-state index in [0.717, 1.165) is 16.7 Å². The highest BCUT2D eigenvalue weighted by Gasteiger charge is 2.10. The van der Waals surface area contributed by atoms with Crippen LogP contribution in [0.5, 0.6) is 0 Å². The van der Waals surface area contributed by atoms with Gasteiger partial charge in [0.15, 0.2) is 5.58 Å². The highest BCUT2D eigenvalue weighted by Crippen LogP contribution is 2.28. The second-order valence-electron chi connectivity index (χ2n) is 7.07. The van der Waals surface area contributed by atoms with Crippen LogP contribution >= 0.6 is 23.2 Å². The van der Waals surface area contributed by atoms with Gasteiger partial charge in [-0.05, 0) is 68.0 Å². The van der Waals surface area contributed by atoms with Gasteiger partial charge in [0.2, 0.25) is 11.8 Å². The first-order valence-corrected chi connectivity index (χ1v) is 10.1. The Morgan fingerprint density at radius 2 is 1.77 bits per heavy atom. The van der Waals surface area contributed by atoms with E-state index in [1.165, 1.54) is 6.08 Å². The maximum atomic E-state index is 12.3. The first-order valence-electron chi connectivity index (χ1n) is 9.31. The summed E-state index contributed by atoms with van der Waals surface area (Å²) in [7, 11) is 0. The van der Waals surface area contributed by atoms with E-state index in [-0.39, 0.29) is 5.91 Å². The molecular weight excluding hydrogens is 419 g/mol. The van der Waals surface area contributed by atoms with Crippen LogP contribution in [0.25, 0.3) is 28.6 Å². The number of carbonyl (C=O) groups excluding carboxylic acids is 1. The van der Waals surface area contributed by atoms with E-state index in [1.807, 2.05) is 26.0 Å². The molecule has 4 rings (SSSR count). The van der Waals surface area contributed by atoms with Crippen LogP contribution < -0.4 is 5.32 Å². The lowest BCUT2D eigenvalue weighted by Crippen LogP contribution is -2.07. The van der Waals surface area contributed by atoms with Crippen molar-refractivity contribution in [2.24, 2.45) is 0 Å². The van der Waals surface area contributed by atoms with Crippen LogP contribution in [0.3, 0.4) is 0 Å². The highest BCUT2D eigenvalue weighted by atomic mass is 35.5. The van der Waals surface area contributed by atoms with E-state index >= 15 is 0 Å². The summed E-state index contributed by atoms with van der Waals surface area (Å²) in [6.45, 7) is 4.08. The van der Waals surface area contributed by atoms with Crippen molar-refractivity contribution >= 4 is 52.0 Å². The summed E-state index contributed by atoms with van der Waals surface area (Å²) < 4.78 is 5.89. The lowest BCUT2D eigenvalue weighted by atomic mass is 10.1. The molecule has 0 radical (unpaired) electrons. The molecule has 0 saturated heterocycles. The molecule has 6 heteroatoms. The van der Waals surface area contributed by atoms with Gasteiger partial charge in [-0.1, -0.05) is 46.5 Å². The molecule has 0 atom stereocenters. The van der Waals surface area contributed by atoms with E-state index in [4.69, 9.17) is 27.6 Å². The number of hydrogen-bond donors (Lipinski definition) is 1. The molecule has 3 aromatic carbocycles. The zero-order valence-electron chi connectivity index (χ0n) is 16.4. The second kappa shape index (κ2) is 8.34. The SMILES string of the molecule is Cc1cc(C)cc(-c2nc3cc(NC(=O)C=Cc4ccc(Cl)cc4Cl)ccc3o2)c1. The molecule has 4 nitrogen and oxygen atoms in total. The molecule has 0 aliphatic heterocycles. The molecule has 1 aromatic heterocycles. The van der Waals surface area contributed by atoms with Gasteiger partial charge in [-0.25, -0.2) is 4.98 Å². The largest absolute Gasteiger partial charge is 0.436 e. The Hall–Kier alpha value is -3.08. The Morgan fingerprint density at radius 3 is 2.50 bits per heavy atom. The minimum Gasteiger partial charge on any atom is -0.436 e. The third kappa shape index (κ3) is 4.56. The molecule has 0 aliphatic rings. The number of anilines is 1. The summed E-state index contributed by atoms with van der Waals surface area (Å²) in [6, 6.07) is 16.6. The van der Waals surface area contributed by atoms with Crippen LogP contribution in [-0.2, 0) is 4.79 Å². The highest BCUT2D eigenvalue weighted by molar-refractivity contribution is 6.35. The van der Waals surface area contributed by atoms with Gasteiger partial charge < -0.3 is 9.73 Å². The Bertz CT molecular complexity index is 1270. The third-order valence-electron chi connectivity index (χ3n) is 4.50. The summed E-state index contributed by atoms with van der Waals surface area (Å²) in [5, 5.41) is 3.85. The average molecular weight is 437 g/mol. The van der Waals surface area contributed by atoms with Crippen LogP contribution in [0, 0.1) is 13.8 Å². The average Bonchev–Trinajstić information content (AvgIpc) is 3.10. The quantitative estimate of drug-likeness (QED) is 0.348. The van der Waals surface area contributed by atoms with Crippen LogP contribution in [-0.4, -0.2) is 10.9 Å². The van der Waals surface area contributed by atoms with Gasteiger partial charge in [-0.3, -0.25) is 4.79 Å². The number of benzene rings is 3. The topological polar surface area (TPSA) is 55.1 Å². The Labute approximate surface area is 184 Å². The van der Waals surface area contributed by atoms with Crippen molar-refractivity contribution in [3.8, 4) is 11.5 Å². The predicted molar refractivity (Wildman–Crippen MR) is 123 cm³/mol. The zero-order chi connectivity index (χ0) is 21.3. The Balaban J connectivity index is 1.53. The molecule has 0 aliphatic carbocycles. The summed E-state index contributed by atoms with van der Waals surface area (Å²) in [6.07, 6.45) is 3.06. The molecule has 1 amide bonds. The Morgan fingerprint density at radius 1 is 1.00 bits per heavy atom. The molecule has 0 fully saturated rings. The number of halogens is 2. The van der Waals surface area contributed by atoms with E-state index in [9.17, 15) is 4.79 Å². The van der Waals surface area contributed by atoms with Crippen LogP contribution in [0.4, 0.5) is 5.69 Å². The van der Waals surface area contributed by atoms with Crippen molar-refractivity contribution in [2.45, 2.75) is 13.8 Å². The first kappa shape index (κ1) is 20.2. The minimum atomic E-state index is -0.279. The molecule has 1 N–H and O–H groups in total. The van der Waals surface area contributed by atoms with Crippen LogP contribution in [0.2, 0.25) is 10.0 Å². The molecule has 30 heavy (non-hydrogen) atoms. The van der Waals surface area contributed by atoms with Crippen molar-refractivity contribution < 1.29 is 9.21 Å². The Kier molecular flexibility index (Phi) is 5.62. The number of aromatic nitrogens is 1. The maximum Gasteiger partial charge on any atom is 0.248 e. The van der Waals surface area contributed by atoms with Gasteiger partial charge in [-0.2, -0.15) is 0 Å². The predicted octanol–water partition coefficient (Wildman–Crippen LogP) is 7.07. The van der Waals surface area contributed by atoms with Crippen LogP contribution in [0.15, 0.2) is 65.1 Å². The number of nitrogens with zero attached hydrogens (tertiary/aromatic N) is 1. The number of fused-ring (bicyclic) bond motifs is 1. The van der Waals surface area contributed by atoms with E-state index in [1.54, 1.807) is 42.5 Å². The summed E-state index contributed by atoms with van der Waals surface area (Å²) >= 11 is 12.0. The van der Waals surface area contributed by atoms with Gasteiger partial charge in [0.25, 0.3) is 0 Å². The smallest absolute Gasteiger partial charge is 0.248 e. The molecule has 0 spiro atoms. The minimum absolute atomic E-state index is 0.279. The zero-order valence-corrected chi connectivity index (χ0v) is 17.9. The number of aryl methyl sites for hydroxylation is 2. The van der Waals surface area contributed by atoms with Gasteiger partial charge in [0, 0.05) is 27.4 Å². The van der Waals surface area contributed by atoms with Gasteiger partial charge in [0.1, 0.15) is 5.52 Å². The fourth-order valence-corrected chi connectivity index (χ4v) is 3.68. The van der Waals surface area contributed by atoms with Crippen molar-refractivity contribution in [1.29, 1.82) is 0 Å². The second-order valence-corrected chi connectivity index (χ2v) is 7.91. The molecule has 0 unspecified atom stereocenters. The molecule has 150 valence electrons. The first-order chi connectivity index (χ1) is 14.4. The molecule has 4 aromatic rings. The van der Waals surface area contributed by atoms with Crippen LogP contribution in [0.1, 0.15) is 16.7 Å². The fourth-order valence-electron chi connectivity index (χ4n) is 3.21. The number of oxazole rings is 1. The fraction of sp³-hybridized carbons (Fsp3) is 0.0833. The number of hydrogen-bond acceptors (Lipinski definition) is 3. The maximum absolute atomic E-state index is 12.3. The summed E-state index contributed by atoms with van der Waals surface area (Å²) in [5.74, 6) is 0.274. The number of rotatable bonds is 4. The standard InChI is InChI=1S/C24H18Cl2N2O2/c1-14-9-15(2)11-17(10-14)24-28-21-13-19(6-7-22(21)30-24)27-23(29)8-4-16-3-5-18(25)12-20(16)26/h3-13H,1-2H3,(H,27,29). The van der Waals surface area contributed by atoms with Crippen molar-refractivity contribution in [2.75, 3.05) is 5.32 Å². The lowest BCUT2D eigenvalue weighted by Gasteiger charge is -2.02. The van der Waals surface area contributed by atoms with Crippen molar-refractivity contribution in [3.63, 3.8) is 0 Å². The lowest BCUT2D eigenvalue weighted by molar-refractivity contribution is -0.111. The van der Waals surface area contributed by atoms with E-state index < -0.39 is 0 Å². The monoisotopic (exact) mass is 436 g/mol. The van der Waals surface area contributed by atoms with E-state index in [0.29, 0.717) is 38.3 Å². The van der Waals surface area contributed by atoms with Gasteiger partial charge in [-0.15, -0.1) is 0 Å². The molecule has 1 heterocycles. The summed E-state index contributed by atoms with van der Waals surface area (Å²) in [5.41, 5.74) is 5.89. The van der Waals surface area contributed by atoms with Gasteiger partial charge >= 0.3 is 0 Å². The number of nitrogens with one attached hydrogen (secondary N) is 1. The van der Waals surface area contributed by atoms with Gasteiger partial charge in [0.05, 0.1) is 0 Å². The molecule has 0 saturated carbocycles. The number of carbonyl (C=O) groups is 1. The van der Waals surface area contributed by atoms with E-state index in [2.05, 4.69) is 16.4 Å². The van der Waals surface area contributed by atoms with Crippen molar-refractivity contribution in [3.05, 3.63) is 87.4 Å². The van der Waals surface area contributed by atoms with Crippen molar-refractivity contribution in [1.82, 2.24) is 4.98 Å². The third-order valence-corrected chi connectivity index (χ3v) is 5.06. The normalized spacial score (nSPS) is 11.3.